The first-order valence-electron chi connectivity index (χ1n) is 7.24. The van der Waals surface area contributed by atoms with E-state index in [1.165, 1.54) is 16.7 Å². The Morgan fingerprint density at radius 1 is 1.08 bits per heavy atom. The van der Waals surface area contributed by atoms with Gasteiger partial charge in [-0.25, -0.2) is 9.97 Å². The first-order chi connectivity index (χ1) is 12.0. The number of thioether (sulfide) groups is 1. The van der Waals surface area contributed by atoms with E-state index in [1.807, 2.05) is 0 Å². The summed E-state index contributed by atoms with van der Waals surface area (Å²) in [6, 6.07) is 7.14. The molecule has 138 valence electrons. The van der Waals surface area contributed by atoms with Crippen LogP contribution in [0.4, 0.5) is 26.3 Å². The maximum Gasteiger partial charge on any atom is 0.417 e. The van der Waals surface area contributed by atoms with Gasteiger partial charge in [0.25, 0.3) is 0 Å². The van der Waals surface area contributed by atoms with Crippen LogP contribution in [0.1, 0.15) is 5.56 Å². The van der Waals surface area contributed by atoms with Crippen LogP contribution in [0.2, 0.25) is 0 Å². The van der Waals surface area contributed by atoms with Gasteiger partial charge in [-0.05, 0) is 18.2 Å². The van der Waals surface area contributed by atoms with Gasteiger partial charge in [0.1, 0.15) is 11.3 Å². The van der Waals surface area contributed by atoms with Crippen LogP contribution in [0.15, 0.2) is 41.4 Å². The molecule has 0 N–H and O–H groups in total. The molecule has 2 heterocycles. The minimum absolute atomic E-state index is 0.0608. The predicted molar refractivity (Wildman–Crippen MR) is 85.7 cm³/mol. The number of benzene rings is 1. The van der Waals surface area contributed by atoms with Gasteiger partial charge in [-0.2, -0.15) is 26.3 Å². The fourth-order valence-electron chi connectivity index (χ4n) is 2.38. The molecule has 0 aliphatic heterocycles. The van der Waals surface area contributed by atoms with Crippen molar-refractivity contribution in [3.05, 3.63) is 42.1 Å². The Morgan fingerprint density at radius 3 is 2.46 bits per heavy atom. The lowest BCUT2D eigenvalue weighted by Crippen LogP contribution is -2.10. The Hall–Kier alpha value is -2.23. The average Bonchev–Trinajstić information content (AvgIpc) is 2.88. The Labute approximate surface area is 148 Å². The number of rotatable bonds is 3. The molecule has 1 aromatic carbocycles. The van der Waals surface area contributed by atoms with Gasteiger partial charge in [-0.15, -0.1) is 11.8 Å². The molecule has 26 heavy (non-hydrogen) atoms. The smallest absolute Gasteiger partial charge is 0.312 e. The largest absolute Gasteiger partial charge is 0.417 e. The van der Waals surface area contributed by atoms with Crippen LogP contribution in [-0.4, -0.2) is 26.5 Å². The minimum atomic E-state index is -4.53. The van der Waals surface area contributed by atoms with Crippen molar-refractivity contribution in [1.82, 2.24) is 14.5 Å². The van der Waals surface area contributed by atoms with Crippen molar-refractivity contribution in [2.24, 2.45) is 7.05 Å². The molecular weight excluding hydrogens is 380 g/mol. The van der Waals surface area contributed by atoms with E-state index in [-0.39, 0.29) is 11.2 Å². The highest BCUT2D eigenvalue weighted by atomic mass is 32.2. The van der Waals surface area contributed by atoms with E-state index < -0.39 is 23.7 Å². The summed E-state index contributed by atoms with van der Waals surface area (Å²) in [5.41, 5.74) is -0.109. The monoisotopic (exact) mass is 391 g/mol. The number of hydrogen-bond donors (Lipinski definition) is 0. The number of aryl methyl sites for hydroxylation is 1. The SMILES string of the molecule is Cn1c(-c2cccc(SCC(F)(F)F)c2)nc2cc(C(F)(F)F)cnc21. The summed E-state index contributed by atoms with van der Waals surface area (Å²) < 4.78 is 77.0. The van der Waals surface area contributed by atoms with Crippen molar-refractivity contribution in [2.75, 3.05) is 5.75 Å². The highest BCUT2D eigenvalue weighted by Gasteiger charge is 2.32. The van der Waals surface area contributed by atoms with Crippen LogP contribution in [-0.2, 0) is 13.2 Å². The van der Waals surface area contributed by atoms with E-state index in [9.17, 15) is 26.3 Å². The maximum absolute atomic E-state index is 12.8. The molecule has 0 saturated heterocycles. The second kappa shape index (κ2) is 6.49. The molecule has 0 amide bonds. The van der Waals surface area contributed by atoms with Crippen molar-refractivity contribution in [1.29, 1.82) is 0 Å². The number of fused-ring (bicyclic) bond motifs is 1. The molecule has 3 rings (SSSR count). The molecule has 0 saturated carbocycles. The first-order valence-corrected chi connectivity index (χ1v) is 8.23. The lowest BCUT2D eigenvalue weighted by atomic mass is 10.2. The van der Waals surface area contributed by atoms with E-state index in [0.717, 1.165) is 12.3 Å². The van der Waals surface area contributed by atoms with E-state index in [4.69, 9.17) is 0 Å². The van der Waals surface area contributed by atoms with Crippen LogP contribution in [0.3, 0.4) is 0 Å². The number of aromatic nitrogens is 3. The highest BCUT2D eigenvalue weighted by Crippen LogP contribution is 2.33. The first kappa shape index (κ1) is 18.6. The number of halogens is 6. The molecule has 2 aromatic heterocycles. The van der Waals surface area contributed by atoms with Crippen LogP contribution in [0.25, 0.3) is 22.6 Å². The van der Waals surface area contributed by atoms with E-state index in [1.54, 1.807) is 19.2 Å². The topological polar surface area (TPSA) is 30.7 Å². The molecule has 0 aliphatic carbocycles. The van der Waals surface area contributed by atoms with E-state index >= 15 is 0 Å². The fraction of sp³-hybridized carbons (Fsp3) is 0.250. The molecule has 0 radical (unpaired) electrons. The summed E-state index contributed by atoms with van der Waals surface area (Å²) >= 11 is 0.628. The van der Waals surface area contributed by atoms with Gasteiger partial charge in [-0.1, -0.05) is 12.1 Å². The molecule has 0 aliphatic rings. The third kappa shape index (κ3) is 3.95. The lowest BCUT2D eigenvalue weighted by Gasteiger charge is -2.07. The average molecular weight is 391 g/mol. The van der Waals surface area contributed by atoms with Crippen molar-refractivity contribution in [3.8, 4) is 11.4 Å². The summed E-state index contributed by atoms with van der Waals surface area (Å²) in [7, 11) is 1.58. The van der Waals surface area contributed by atoms with Gasteiger partial charge >= 0.3 is 12.4 Å². The summed E-state index contributed by atoms with van der Waals surface area (Å²) in [5.74, 6) is -0.712. The molecule has 0 spiro atoms. The van der Waals surface area contributed by atoms with Crippen molar-refractivity contribution >= 4 is 22.9 Å². The molecule has 3 nitrogen and oxygen atoms in total. The molecular formula is C16H11F6N3S. The molecule has 0 unspecified atom stereocenters. The number of imidazole rings is 1. The van der Waals surface area contributed by atoms with E-state index in [0.29, 0.717) is 28.0 Å². The zero-order chi connectivity index (χ0) is 19.1. The van der Waals surface area contributed by atoms with Crippen LogP contribution < -0.4 is 0 Å². The quantitative estimate of drug-likeness (QED) is 0.448. The normalized spacial score (nSPS) is 12.7. The second-order valence-corrected chi connectivity index (χ2v) is 6.54. The molecule has 10 heteroatoms. The zero-order valence-corrected chi connectivity index (χ0v) is 14.0. The zero-order valence-electron chi connectivity index (χ0n) is 13.2. The van der Waals surface area contributed by atoms with Crippen molar-refractivity contribution in [2.45, 2.75) is 17.2 Å². The number of alkyl halides is 6. The van der Waals surface area contributed by atoms with Gasteiger partial charge in [0.15, 0.2) is 5.65 Å². The fourth-order valence-corrected chi connectivity index (χ4v) is 3.09. The van der Waals surface area contributed by atoms with E-state index in [2.05, 4.69) is 9.97 Å². The molecule has 3 aromatic rings. The number of hydrogen-bond acceptors (Lipinski definition) is 3. The van der Waals surface area contributed by atoms with Crippen molar-refractivity contribution in [3.63, 3.8) is 0 Å². The highest BCUT2D eigenvalue weighted by molar-refractivity contribution is 7.99. The number of nitrogens with zero attached hydrogens (tertiary/aromatic N) is 3. The number of pyridine rings is 1. The van der Waals surface area contributed by atoms with Gasteiger partial charge in [0.05, 0.1) is 11.3 Å². The Balaban J connectivity index is 1.99. The van der Waals surface area contributed by atoms with Crippen LogP contribution in [0.5, 0.6) is 0 Å². The summed E-state index contributed by atoms with van der Waals surface area (Å²) in [4.78, 5) is 8.37. The van der Waals surface area contributed by atoms with Gasteiger partial charge in [0, 0.05) is 23.7 Å². The van der Waals surface area contributed by atoms with Crippen LogP contribution in [0, 0.1) is 0 Å². The predicted octanol–water partition coefficient (Wildman–Crippen LogP) is 5.31. The van der Waals surface area contributed by atoms with Crippen LogP contribution >= 0.6 is 11.8 Å². The summed E-state index contributed by atoms with van der Waals surface area (Å²) in [6.07, 6.45) is -8.10. The van der Waals surface area contributed by atoms with Crippen molar-refractivity contribution < 1.29 is 26.3 Å². The molecule has 0 bridgehead atoms. The third-order valence-electron chi connectivity index (χ3n) is 3.53. The summed E-state index contributed by atoms with van der Waals surface area (Å²) in [5, 5.41) is 0. The summed E-state index contributed by atoms with van der Waals surface area (Å²) in [6.45, 7) is 0. The Bertz CT molecular complexity index is 945. The molecule has 0 fully saturated rings. The Morgan fingerprint density at radius 2 is 1.81 bits per heavy atom. The van der Waals surface area contributed by atoms with Gasteiger partial charge in [-0.3, -0.25) is 0 Å². The second-order valence-electron chi connectivity index (χ2n) is 5.49. The Kier molecular flexibility index (Phi) is 4.63. The molecule has 0 atom stereocenters. The van der Waals surface area contributed by atoms with Gasteiger partial charge < -0.3 is 4.57 Å². The lowest BCUT2D eigenvalue weighted by molar-refractivity contribution is -0.137. The minimum Gasteiger partial charge on any atom is -0.312 e. The standard InChI is InChI=1S/C16H11F6N3S/c1-25-13(9-3-2-4-11(5-9)26-8-15(17,18)19)24-12-6-10(16(20,21)22)7-23-14(12)25/h2-7H,8H2,1H3. The maximum atomic E-state index is 12.8. The van der Waals surface area contributed by atoms with Gasteiger partial charge in [0.2, 0.25) is 0 Å². The third-order valence-corrected chi connectivity index (χ3v) is 4.59.